The molecule has 1 aliphatic heterocycles. The Morgan fingerprint density at radius 2 is 0.879 bits per heavy atom. The minimum Gasteiger partial charge on any atom is -0.394 e. The molecule has 0 saturated carbocycles. The van der Waals surface area contributed by atoms with Gasteiger partial charge in [0, 0.05) is 6.42 Å². The van der Waals surface area contributed by atoms with Crippen molar-refractivity contribution >= 4 is 5.91 Å². The van der Waals surface area contributed by atoms with Gasteiger partial charge in [0.15, 0.2) is 6.29 Å². The first-order valence-electron chi connectivity index (χ1n) is 28.9. The highest BCUT2D eigenvalue weighted by Crippen LogP contribution is 2.23. The third-order valence-electron chi connectivity index (χ3n) is 14.1. The van der Waals surface area contributed by atoms with Crippen LogP contribution in [0.5, 0.6) is 0 Å². The van der Waals surface area contributed by atoms with Crippen molar-refractivity contribution in [2.45, 2.75) is 333 Å². The standard InChI is InChI=1S/C57H111NO8/c1-3-5-7-9-11-13-15-16-17-18-19-20-21-22-23-24-25-26-27-28-29-30-31-32-33-34-35-36-37-38-40-42-44-46-51(60)50(49-65-57-56(64)55(63)54(62)52(48-59)66-57)58-53(61)47-45-43-41-39-14-12-10-8-6-4-2/h8,10,50-52,54-57,59-60,62-64H,3-7,9,11-49H2,1-2H3,(H,58,61)/b10-8-. The average molecular weight is 939 g/mol. The van der Waals surface area contributed by atoms with Crippen molar-refractivity contribution in [1.82, 2.24) is 5.32 Å². The molecule has 0 bridgehead atoms. The molecule has 0 aromatic heterocycles. The number of hydrogen-bond donors (Lipinski definition) is 6. The Morgan fingerprint density at radius 3 is 1.29 bits per heavy atom. The fraction of sp³-hybridized carbons (Fsp3) is 0.947. The van der Waals surface area contributed by atoms with Gasteiger partial charge in [0.25, 0.3) is 0 Å². The number of carbonyl (C=O) groups is 1. The van der Waals surface area contributed by atoms with Crippen molar-refractivity contribution in [3.05, 3.63) is 12.2 Å². The van der Waals surface area contributed by atoms with Crippen LogP contribution in [0.1, 0.15) is 290 Å². The highest BCUT2D eigenvalue weighted by molar-refractivity contribution is 5.76. The maximum absolute atomic E-state index is 13.0. The van der Waals surface area contributed by atoms with Crippen LogP contribution in [0.4, 0.5) is 0 Å². The van der Waals surface area contributed by atoms with E-state index in [-0.39, 0.29) is 12.5 Å². The minimum atomic E-state index is -1.55. The van der Waals surface area contributed by atoms with Crippen LogP contribution < -0.4 is 5.32 Å². The molecule has 6 N–H and O–H groups in total. The second kappa shape index (κ2) is 47.6. The largest absolute Gasteiger partial charge is 0.394 e. The topological polar surface area (TPSA) is 149 Å². The van der Waals surface area contributed by atoms with E-state index in [2.05, 4.69) is 31.3 Å². The normalized spacial score (nSPS) is 19.8. The molecule has 0 aliphatic carbocycles. The zero-order chi connectivity index (χ0) is 48.0. The fourth-order valence-electron chi connectivity index (χ4n) is 9.52. The summed E-state index contributed by atoms with van der Waals surface area (Å²) in [6, 6.07) is -0.719. The van der Waals surface area contributed by atoms with Crippen molar-refractivity contribution in [1.29, 1.82) is 0 Å². The van der Waals surface area contributed by atoms with E-state index in [1.165, 1.54) is 199 Å². The summed E-state index contributed by atoms with van der Waals surface area (Å²) < 4.78 is 11.3. The van der Waals surface area contributed by atoms with Gasteiger partial charge in [0.05, 0.1) is 25.4 Å². The first kappa shape index (κ1) is 62.9. The van der Waals surface area contributed by atoms with Gasteiger partial charge in [-0.3, -0.25) is 4.79 Å². The molecule has 7 atom stereocenters. The van der Waals surface area contributed by atoms with Gasteiger partial charge in [0.1, 0.15) is 24.4 Å². The highest BCUT2D eigenvalue weighted by atomic mass is 16.7. The Labute approximate surface area is 407 Å². The van der Waals surface area contributed by atoms with Gasteiger partial charge in [-0.05, 0) is 32.1 Å². The van der Waals surface area contributed by atoms with E-state index in [9.17, 15) is 30.3 Å². The molecule has 0 aromatic rings. The molecule has 1 saturated heterocycles. The molecule has 392 valence electrons. The van der Waals surface area contributed by atoms with Crippen LogP contribution >= 0.6 is 0 Å². The smallest absolute Gasteiger partial charge is 0.220 e. The lowest BCUT2D eigenvalue weighted by Gasteiger charge is -2.40. The van der Waals surface area contributed by atoms with E-state index in [1.54, 1.807) is 0 Å². The van der Waals surface area contributed by atoms with E-state index >= 15 is 0 Å². The molecular weight excluding hydrogens is 827 g/mol. The fourth-order valence-corrected chi connectivity index (χ4v) is 9.52. The molecular formula is C57H111NO8. The summed E-state index contributed by atoms with van der Waals surface area (Å²) in [5.74, 6) is -0.153. The van der Waals surface area contributed by atoms with Crippen LogP contribution in [0.2, 0.25) is 0 Å². The molecule has 1 heterocycles. The summed E-state index contributed by atoms with van der Waals surface area (Å²) in [6.45, 7) is 3.79. The summed E-state index contributed by atoms with van der Waals surface area (Å²) >= 11 is 0. The van der Waals surface area contributed by atoms with Gasteiger partial charge >= 0.3 is 0 Å². The van der Waals surface area contributed by atoms with Crippen molar-refractivity contribution in [3.8, 4) is 0 Å². The van der Waals surface area contributed by atoms with Gasteiger partial charge in [-0.25, -0.2) is 0 Å². The van der Waals surface area contributed by atoms with Gasteiger partial charge in [0.2, 0.25) is 5.91 Å². The SMILES string of the molecule is CCC/C=C\CCCCCCCC(=O)NC(COC1OC(CO)C(O)C(O)C1O)C(O)CCCCCCCCCCCCCCCCCCCCCCCCCCCCCCCCCCC. The Bertz CT molecular complexity index is 1040. The van der Waals surface area contributed by atoms with Crippen LogP contribution in [-0.4, -0.2) is 87.5 Å². The summed E-state index contributed by atoms with van der Waals surface area (Å²) in [7, 11) is 0. The van der Waals surface area contributed by atoms with Gasteiger partial charge < -0.3 is 40.3 Å². The van der Waals surface area contributed by atoms with Crippen molar-refractivity contribution in [2.24, 2.45) is 0 Å². The first-order valence-corrected chi connectivity index (χ1v) is 28.9. The minimum absolute atomic E-state index is 0.138. The van der Waals surface area contributed by atoms with Crippen molar-refractivity contribution in [2.75, 3.05) is 13.2 Å². The van der Waals surface area contributed by atoms with Gasteiger partial charge in [-0.15, -0.1) is 0 Å². The van der Waals surface area contributed by atoms with Crippen LogP contribution in [0, 0.1) is 0 Å². The number of allylic oxidation sites excluding steroid dienone is 2. The maximum atomic E-state index is 13.0. The molecule has 7 unspecified atom stereocenters. The second-order valence-electron chi connectivity index (χ2n) is 20.4. The van der Waals surface area contributed by atoms with Crippen LogP contribution in [-0.2, 0) is 14.3 Å². The van der Waals surface area contributed by atoms with E-state index in [0.29, 0.717) is 12.8 Å². The van der Waals surface area contributed by atoms with Crippen LogP contribution in [0.3, 0.4) is 0 Å². The number of aliphatic hydroxyl groups is 5. The summed E-state index contributed by atoms with van der Waals surface area (Å²) in [6.07, 6.45) is 51.4. The third-order valence-corrected chi connectivity index (χ3v) is 14.1. The number of rotatable bonds is 50. The monoisotopic (exact) mass is 938 g/mol. The summed E-state index contributed by atoms with van der Waals surface area (Å²) in [5, 5.41) is 54.5. The second-order valence-corrected chi connectivity index (χ2v) is 20.4. The molecule has 9 heteroatoms. The lowest BCUT2D eigenvalue weighted by Crippen LogP contribution is -2.60. The maximum Gasteiger partial charge on any atom is 0.220 e. The molecule has 66 heavy (non-hydrogen) atoms. The molecule has 1 amide bonds. The van der Waals surface area contributed by atoms with E-state index in [4.69, 9.17) is 9.47 Å². The van der Waals surface area contributed by atoms with E-state index in [1.807, 2.05) is 0 Å². The lowest BCUT2D eigenvalue weighted by molar-refractivity contribution is -0.302. The molecule has 1 fully saturated rings. The Hall–Kier alpha value is -1.07. The number of ether oxygens (including phenoxy) is 2. The van der Waals surface area contributed by atoms with Crippen molar-refractivity contribution < 1.29 is 39.8 Å². The zero-order valence-corrected chi connectivity index (χ0v) is 43.5. The highest BCUT2D eigenvalue weighted by Gasteiger charge is 2.44. The predicted octanol–water partition coefficient (Wildman–Crippen LogP) is 14.0. The molecule has 9 nitrogen and oxygen atoms in total. The van der Waals surface area contributed by atoms with Gasteiger partial charge in [-0.1, -0.05) is 264 Å². The third kappa shape index (κ3) is 36.9. The molecule has 0 aromatic carbocycles. The quantitative estimate of drug-likeness (QED) is 0.0261. The summed E-state index contributed by atoms with van der Waals surface area (Å²) in [4.78, 5) is 13.0. The van der Waals surface area contributed by atoms with Crippen LogP contribution in [0.15, 0.2) is 12.2 Å². The molecule has 1 rings (SSSR count). The molecule has 0 spiro atoms. The Morgan fingerprint density at radius 1 is 0.500 bits per heavy atom. The number of hydrogen-bond acceptors (Lipinski definition) is 8. The van der Waals surface area contributed by atoms with Gasteiger partial charge in [-0.2, -0.15) is 0 Å². The number of aliphatic hydroxyl groups excluding tert-OH is 5. The first-order chi connectivity index (χ1) is 32.3. The van der Waals surface area contributed by atoms with Crippen molar-refractivity contribution in [3.63, 3.8) is 0 Å². The lowest BCUT2D eigenvalue weighted by atomic mass is 9.99. The zero-order valence-electron chi connectivity index (χ0n) is 43.5. The Kier molecular flexibility index (Phi) is 45.4. The average Bonchev–Trinajstić information content (AvgIpc) is 3.32. The van der Waals surface area contributed by atoms with E-state index in [0.717, 1.165) is 64.2 Å². The Balaban J connectivity index is 2.06. The number of carbonyl (C=O) groups excluding carboxylic acids is 1. The predicted molar refractivity (Wildman–Crippen MR) is 277 cm³/mol. The molecule has 1 aliphatic rings. The number of unbranched alkanes of at least 4 members (excludes halogenated alkanes) is 38. The van der Waals surface area contributed by atoms with Crippen LogP contribution in [0.25, 0.3) is 0 Å². The number of nitrogens with one attached hydrogen (secondary N) is 1. The van der Waals surface area contributed by atoms with E-state index < -0.39 is 49.5 Å². The summed E-state index contributed by atoms with van der Waals surface area (Å²) in [5.41, 5.74) is 0. The number of amides is 1. The molecule has 0 radical (unpaired) electrons.